The van der Waals surface area contributed by atoms with Crippen LogP contribution in [0.3, 0.4) is 0 Å². The first-order valence-electron chi connectivity index (χ1n) is 6.22. The van der Waals surface area contributed by atoms with Gasteiger partial charge in [0.25, 0.3) is 0 Å². The summed E-state index contributed by atoms with van der Waals surface area (Å²) in [5.41, 5.74) is 0.671. The molecule has 0 saturated heterocycles. The van der Waals surface area contributed by atoms with Crippen LogP contribution in [0.1, 0.15) is 20.3 Å². The number of hydrogen-bond donors (Lipinski definition) is 1. The van der Waals surface area contributed by atoms with Crippen LogP contribution in [0.15, 0.2) is 11.6 Å². The summed E-state index contributed by atoms with van der Waals surface area (Å²) in [6.07, 6.45) is 2.51. The average Bonchev–Trinajstić information content (AvgIpc) is 2.45. The average molecular weight is 307 g/mol. The van der Waals surface area contributed by atoms with Crippen molar-refractivity contribution < 1.29 is 27.9 Å². The number of allylic oxidation sites excluding steroid dienone is 1. The van der Waals surface area contributed by atoms with E-state index in [4.69, 9.17) is 13.8 Å². The topological polar surface area (TPSA) is 90.9 Å². The van der Waals surface area contributed by atoms with Crippen LogP contribution < -0.4 is 5.32 Å². The maximum atomic E-state index is 12.1. The van der Waals surface area contributed by atoms with Gasteiger partial charge in [-0.25, -0.2) is 4.79 Å². The summed E-state index contributed by atoms with van der Waals surface area (Å²) in [6.45, 7) is 3.72. The van der Waals surface area contributed by atoms with Gasteiger partial charge in [0.05, 0.1) is 12.8 Å². The molecule has 0 radical (unpaired) electrons. The van der Waals surface area contributed by atoms with Gasteiger partial charge >= 0.3 is 13.6 Å². The second kappa shape index (κ2) is 9.69. The highest BCUT2D eigenvalue weighted by molar-refractivity contribution is 7.54. The zero-order valence-corrected chi connectivity index (χ0v) is 13.1. The third kappa shape index (κ3) is 6.32. The van der Waals surface area contributed by atoms with Crippen LogP contribution in [-0.2, 0) is 27.9 Å². The number of esters is 1. The van der Waals surface area contributed by atoms with Crippen molar-refractivity contribution >= 4 is 20.0 Å². The predicted molar refractivity (Wildman–Crippen MR) is 74.5 cm³/mol. The smallest absolute Gasteiger partial charge is 0.334 e. The molecule has 0 heterocycles. The van der Waals surface area contributed by atoms with Crippen LogP contribution in [-0.4, -0.2) is 45.4 Å². The summed E-state index contributed by atoms with van der Waals surface area (Å²) in [5, 5.41) is 2.35. The quantitative estimate of drug-likeness (QED) is 0.284. The van der Waals surface area contributed by atoms with E-state index in [1.807, 2.05) is 6.92 Å². The highest BCUT2D eigenvalue weighted by Gasteiger charge is 2.24. The number of carbonyl (C=O) groups is 2. The molecule has 0 aliphatic carbocycles. The van der Waals surface area contributed by atoms with Crippen LogP contribution in [0.4, 0.5) is 0 Å². The van der Waals surface area contributed by atoms with Gasteiger partial charge in [-0.05, 0) is 13.3 Å². The Morgan fingerprint density at radius 3 is 2.30 bits per heavy atom. The van der Waals surface area contributed by atoms with Gasteiger partial charge in [0, 0.05) is 14.2 Å². The van der Waals surface area contributed by atoms with Crippen molar-refractivity contribution in [3.05, 3.63) is 11.6 Å². The Balaban J connectivity index is 5.09. The van der Waals surface area contributed by atoms with Crippen molar-refractivity contribution in [3.8, 4) is 0 Å². The van der Waals surface area contributed by atoms with E-state index >= 15 is 0 Å². The predicted octanol–water partition coefficient (Wildman–Crippen LogP) is 1.49. The summed E-state index contributed by atoms with van der Waals surface area (Å²) in [5.74, 6) is -0.574. The lowest BCUT2D eigenvalue weighted by Crippen LogP contribution is -2.36. The highest BCUT2D eigenvalue weighted by atomic mass is 31.2. The molecule has 1 N–H and O–H groups in total. The number of ether oxygens (including phenoxy) is 1. The van der Waals surface area contributed by atoms with E-state index in [1.54, 1.807) is 6.92 Å². The molecule has 1 atom stereocenters. The van der Waals surface area contributed by atoms with E-state index in [1.165, 1.54) is 20.3 Å². The number of nitrogens with one attached hydrogen (secondary N) is 1. The molecular formula is C12H22NO6P. The Labute approximate surface area is 119 Å². The maximum Gasteiger partial charge on any atom is 0.334 e. The molecular weight excluding hydrogens is 285 g/mol. The van der Waals surface area contributed by atoms with E-state index < -0.39 is 19.6 Å². The van der Waals surface area contributed by atoms with Crippen molar-refractivity contribution in [1.82, 2.24) is 5.32 Å². The molecule has 7 nitrogen and oxygen atoms in total. The van der Waals surface area contributed by atoms with Gasteiger partial charge in [0.1, 0.15) is 6.04 Å². The van der Waals surface area contributed by atoms with Gasteiger partial charge in [-0.15, -0.1) is 0 Å². The minimum atomic E-state index is -3.21. The molecule has 0 aromatic carbocycles. The second-order valence-corrected chi connectivity index (χ2v) is 6.10. The van der Waals surface area contributed by atoms with Gasteiger partial charge in [-0.3, -0.25) is 9.36 Å². The van der Waals surface area contributed by atoms with Crippen molar-refractivity contribution in [2.24, 2.45) is 0 Å². The zero-order chi connectivity index (χ0) is 15.6. The molecule has 0 aromatic heterocycles. The third-order valence-corrected chi connectivity index (χ3v) is 4.50. The molecule has 0 rings (SSSR count). The molecule has 116 valence electrons. The maximum absolute atomic E-state index is 12.1. The van der Waals surface area contributed by atoms with Crippen molar-refractivity contribution in [2.45, 2.75) is 26.3 Å². The first-order valence-corrected chi connectivity index (χ1v) is 7.95. The van der Waals surface area contributed by atoms with Crippen molar-refractivity contribution in [2.75, 3.05) is 27.0 Å². The molecule has 0 aromatic rings. The fraction of sp³-hybridized carbons (Fsp3) is 0.667. The molecule has 0 aliphatic rings. The minimum Gasteiger partial charge on any atom is -0.464 e. The van der Waals surface area contributed by atoms with Crippen molar-refractivity contribution in [1.29, 1.82) is 0 Å². The molecule has 1 amide bonds. The Hall–Kier alpha value is -1.17. The summed E-state index contributed by atoms with van der Waals surface area (Å²) in [6, 6.07) is -0.912. The summed E-state index contributed by atoms with van der Waals surface area (Å²) < 4.78 is 26.6. The van der Waals surface area contributed by atoms with Gasteiger partial charge in [0.2, 0.25) is 6.41 Å². The van der Waals surface area contributed by atoms with E-state index in [0.717, 1.165) is 0 Å². The summed E-state index contributed by atoms with van der Waals surface area (Å²) in [7, 11) is -0.620. The van der Waals surface area contributed by atoms with Crippen LogP contribution in [0.25, 0.3) is 0 Å². The number of amides is 1. The summed E-state index contributed by atoms with van der Waals surface area (Å²) in [4.78, 5) is 22.2. The van der Waals surface area contributed by atoms with Gasteiger partial charge in [-0.1, -0.05) is 18.6 Å². The molecule has 0 bridgehead atoms. The lowest BCUT2D eigenvalue weighted by Gasteiger charge is -2.17. The van der Waals surface area contributed by atoms with Crippen LogP contribution >= 0.6 is 7.60 Å². The standard InChI is InChI=1S/C12H22NO6P/c1-5-10(8-20(16,17-3)18-4)7-11(13-9-14)12(15)19-6-2/h7,9,11H,5-6,8H2,1-4H3,(H,13,14). The lowest BCUT2D eigenvalue weighted by molar-refractivity contribution is -0.145. The first-order chi connectivity index (χ1) is 9.46. The molecule has 1 unspecified atom stereocenters. The number of rotatable bonds is 10. The molecule has 0 spiro atoms. The second-order valence-electron chi connectivity index (χ2n) is 3.83. The summed E-state index contributed by atoms with van der Waals surface area (Å²) >= 11 is 0. The van der Waals surface area contributed by atoms with E-state index in [9.17, 15) is 14.2 Å². The molecule has 8 heteroatoms. The molecule has 20 heavy (non-hydrogen) atoms. The monoisotopic (exact) mass is 307 g/mol. The Morgan fingerprint density at radius 2 is 1.90 bits per heavy atom. The van der Waals surface area contributed by atoms with E-state index in [2.05, 4.69) is 5.32 Å². The largest absolute Gasteiger partial charge is 0.464 e. The Kier molecular flexibility index (Phi) is 9.12. The van der Waals surface area contributed by atoms with Crippen molar-refractivity contribution in [3.63, 3.8) is 0 Å². The van der Waals surface area contributed by atoms with Gasteiger partial charge in [-0.2, -0.15) is 0 Å². The highest BCUT2D eigenvalue weighted by Crippen LogP contribution is 2.48. The van der Waals surface area contributed by atoms with E-state index in [0.29, 0.717) is 18.4 Å². The first kappa shape index (κ1) is 18.8. The SMILES string of the molecule is CCOC(=O)C(C=C(CC)CP(=O)(OC)OC)NC=O. The zero-order valence-electron chi connectivity index (χ0n) is 12.3. The van der Waals surface area contributed by atoms with Crippen LogP contribution in [0, 0.1) is 0 Å². The van der Waals surface area contributed by atoms with Gasteiger partial charge < -0.3 is 19.1 Å². The number of carbonyl (C=O) groups excluding carboxylic acids is 2. The van der Waals surface area contributed by atoms with E-state index in [-0.39, 0.29) is 12.8 Å². The lowest BCUT2D eigenvalue weighted by atomic mass is 10.1. The van der Waals surface area contributed by atoms with Gasteiger partial charge in [0.15, 0.2) is 0 Å². The number of hydrogen-bond acceptors (Lipinski definition) is 6. The fourth-order valence-corrected chi connectivity index (χ4v) is 2.69. The fourth-order valence-electron chi connectivity index (χ4n) is 1.46. The molecule has 0 fully saturated rings. The third-order valence-electron chi connectivity index (χ3n) is 2.60. The Morgan fingerprint density at radius 1 is 1.30 bits per heavy atom. The normalized spacial score (nSPS) is 13.7. The molecule has 0 saturated carbocycles. The minimum absolute atomic E-state index is 0.0486. The van der Waals surface area contributed by atoms with Crippen LogP contribution in [0.5, 0.6) is 0 Å². The Bertz CT molecular complexity index is 387. The van der Waals surface area contributed by atoms with Crippen LogP contribution in [0.2, 0.25) is 0 Å². The molecule has 0 aliphatic heterocycles.